The number of phenols is 1. The molecule has 6 heteroatoms. The normalized spacial score (nSPS) is 20.3. The number of fused-ring (bicyclic) bond motifs is 1. The summed E-state index contributed by atoms with van der Waals surface area (Å²) < 4.78 is 0. The lowest BCUT2D eigenvalue weighted by Crippen LogP contribution is -2.42. The number of aromatic hydroxyl groups is 1. The average Bonchev–Trinajstić information content (AvgIpc) is 3.04. The molecule has 0 bridgehead atoms. The number of nitrogens with two attached hydrogens (primary N) is 1. The molecule has 0 spiro atoms. The van der Waals surface area contributed by atoms with Crippen molar-refractivity contribution in [2.75, 3.05) is 0 Å². The highest BCUT2D eigenvalue weighted by atomic mass is 16.3. The van der Waals surface area contributed by atoms with Crippen molar-refractivity contribution in [3.05, 3.63) is 23.5 Å². The molecule has 3 rings (SSSR count). The van der Waals surface area contributed by atoms with E-state index in [1.165, 1.54) is 6.42 Å². The smallest absolute Gasteiger partial charge is 0.253 e. The summed E-state index contributed by atoms with van der Waals surface area (Å²) in [6.45, 7) is 4.45. The van der Waals surface area contributed by atoms with Gasteiger partial charge in [-0.3, -0.25) is 4.79 Å². The highest BCUT2D eigenvalue weighted by Gasteiger charge is 2.23. The van der Waals surface area contributed by atoms with E-state index in [2.05, 4.69) is 29.1 Å². The highest BCUT2D eigenvalue weighted by Crippen LogP contribution is 2.27. The van der Waals surface area contributed by atoms with Crippen molar-refractivity contribution in [3.63, 3.8) is 0 Å². The Morgan fingerprint density at radius 1 is 1.37 bits per heavy atom. The first kappa shape index (κ1) is 19.7. The number of nitrogens with zero attached hydrogens (tertiary/aromatic N) is 1. The van der Waals surface area contributed by atoms with E-state index in [4.69, 9.17) is 5.73 Å². The zero-order chi connectivity index (χ0) is 19.4. The predicted octanol–water partition coefficient (Wildman–Crippen LogP) is 3.64. The van der Waals surface area contributed by atoms with E-state index in [-0.39, 0.29) is 23.7 Å². The van der Waals surface area contributed by atoms with E-state index in [1.54, 1.807) is 12.1 Å². The van der Waals surface area contributed by atoms with Crippen LogP contribution in [0.2, 0.25) is 0 Å². The van der Waals surface area contributed by atoms with Crippen LogP contribution in [0.4, 0.5) is 0 Å². The number of aromatic amines is 1. The van der Waals surface area contributed by atoms with Crippen molar-refractivity contribution < 1.29 is 9.90 Å². The SMILES string of the molecule is CC(C)CCCCc1nc2c(C(=O)NC3CCCC(N)C3)ccc(O)c2[nH]1. The number of hydrogen-bond acceptors (Lipinski definition) is 4. The molecule has 1 fully saturated rings. The summed E-state index contributed by atoms with van der Waals surface area (Å²) >= 11 is 0. The van der Waals surface area contributed by atoms with Crippen LogP contribution in [0.15, 0.2) is 12.1 Å². The van der Waals surface area contributed by atoms with Crippen molar-refractivity contribution in [1.82, 2.24) is 15.3 Å². The molecule has 0 saturated heterocycles. The van der Waals surface area contributed by atoms with E-state index in [0.29, 0.717) is 22.5 Å². The van der Waals surface area contributed by atoms with Gasteiger partial charge in [0.15, 0.2) is 0 Å². The number of phenolic OH excluding ortho intramolecular Hbond substituents is 1. The maximum Gasteiger partial charge on any atom is 0.253 e. The first-order chi connectivity index (χ1) is 12.9. The number of aryl methyl sites for hydroxylation is 1. The van der Waals surface area contributed by atoms with E-state index in [1.807, 2.05) is 0 Å². The molecule has 2 aromatic rings. The number of carbonyl (C=O) groups is 1. The second kappa shape index (κ2) is 8.74. The molecular formula is C21H32N4O2. The molecule has 1 heterocycles. The molecule has 1 saturated carbocycles. The largest absolute Gasteiger partial charge is 0.506 e. The predicted molar refractivity (Wildman–Crippen MR) is 108 cm³/mol. The first-order valence-corrected chi connectivity index (χ1v) is 10.2. The molecule has 1 aliphatic rings. The maximum absolute atomic E-state index is 12.8. The third-order valence-corrected chi connectivity index (χ3v) is 5.41. The Hall–Kier alpha value is -2.08. The standard InChI is InChI=1S/C21H32N4O2/c1-13(2)6-3-4-9-18-24-19-16(10-11-17(26)20(19)25-18)21(27)23-15-8-5-7-14(22)12-15/h10-11,13-15,26H,3-9,12,22H2,1-2H3,(H,23,27)(H,24,25). The number of carbonyl (C=O) groups excluding carboxylic acids is 1. The van der Waals surface area contributed by atoms with Gasteiger partial charge in [0.25, 0.3) is 5.91 Å². The Balaban J connectivity index is 1.73. The molecule has 2 atom stereocenters. The summed E-state index contributed by atoms with van der Waals surface area (Å²) in [7, 11) is 0. The summed E-state index contributed by atoms with van der Waals surface area (Å²) in [5, 5.41) is 13.3. The molecule has 0 radical (unpaired) electrons. The number of aromatic nitrogens is 2. The van der Waals surface area contributed by atoms with Gasteiger partial charge >= 0.3 is 0 Å². The third-order valence-electron chi connectivity index (χ3n) is 5.41. The number of benzene rings is 1. The van der Waals surface area contributed by atoms with Crippen LogP contribution in [-0.4, -0.2) is 33.1 Å². The maximum atomic E-state index is 12.8. The van der Waals surface area contributed by atoms with Gasteiger partial charge in [-0.05, 0) is 50.2 Å². The molecule has 1 aromatic carbocycles. The van der Waals surface area contributed by atoms with Gasteiger partial charge in [0.1, 0.15) is 22.6 Å². The lowest BCUT2D eigenvalue weighted by Gasteiger charge is -2.27. The van der Waals surface area contributed by atoms with Gasteiger partial charge in [0.05, 0.1) is 5.56 Å². The summed E-state index contributed by atoms with van der Waals surface area (Å²) in [5.74, 6) is 1.51. The van der Waals surface area contributed by atoms with Gasteiger partial charge in [-0.1, -0.05) is 26.7 Å². The van der Waals surface area contributed by atoms with Gasteiger partial charge in [-0.2, -0.15) is 0 Å². The monoisotopic (exact) mass is 372 g/mol. The van der Waals surface area contributed by atoms with Gasteiger partial charge in [0, 0.05) is 18.5 Å². The number of nitrogens with one attached hydrogen (secondary N) is 2. The zero-order valence-electron chi connectivity index (χ0n) is 16.4. The first-order valence-electron chi connectivity index (χ1n) is 10.2. The summed E-state index contributed by atoms with van der Waals surface area (Å²) in [5.41, 5.74) is 7.63. The molecule has 1 aromatic heterocycles. The zero-order valence-corrected chi connectivity index (χ0v) is 16.4. The highest BCUT2D eigenvalue weighted by molar-refractivity contribution is 6.06. The number of unbranched alkanes of at least 4 members (excludes halogenated alkanes) is 1. The number of H-pyrrole nitrogens is 1. The van der Waals surface area contributed by atoms with Gasteiger partial charge in [-0.25, -0.2) is 4.98 Å². The fourth-order valence-corrected chi connectivity index (χ4v) is 3.90. The van der Waals surface area contributed by atoms with E-state index in [9.17, 15) is 9.90 Å². The van der Waals surface area contributed by atoms with Crippen LogP contribution >= 0.6 is 0 Å². The molecule has 27 heavy (non-hydrogen) atoms. The van der Waals surface area contributed by atoms with Gasteiger partial charge in [-0.15, -0.1) is 0 Å². The van der Waals surface area contributed by atoms with Crippen LogP contribution in [0.25, 0.3) is 11.0 Å². The van der Waals surface area contributed by atoms with Crippen LogP contribution < -0.4 is 11.1 Å². The van der Waals surface area contributed by atoms with Crippen LogP contribution in [0.5, 0.6) is 5.75 Å². The lowest BCUT2D eigenvalue weighted by molar-refractivity contribution is 0.0927. The van der Waals surface area contributed by atoms with Crippen LogP contribution in [0.1, 0.15) is 75.0 Å². The number of imidazole rings is 1. The summed E-state index contributed by atoms with van der Waals surface area (Å²) in [4.78, 5) is 20.6. The topological polar surface area (TPSA) is 104 Å². The van der Waals surface area contributed by atoms with Crippen LogP contribution in [0.3, 0.4) is 0 Å². The number of amides is 1. The minimum atomic E-state index is -0.142. The quantitative estimate of drug-likeness (QED) is 0.557. The minimum absolute atomic E-state index is 0.111. The van der Waals surface area contributed by atoms with Gasteiger partial charge < -0.3 is 21.1 Å². The fourth-order valence-electron chi connectivity index (χ4n) is 3.90. The summed E-state index contributed by atoms with van der Waals surface area (Å²) in [6, 6.07) is 3.48. The molecule has 1 amide bonds. The lowest BCUT2D eigenvalue weighted by atomic mass is 9.91. The van der Waals surface area contributed by atoms with Crippen molar-refractivity contribution >= 4 is 16.9 Å². The van der Waals surface area contributed by atoms with Crippen LogP contribution in [-0.2, 0) is 6.42 Å². The van der Waals surface area contributed by atoms with Gasteiger partial charge in [0.2, 0.25) is 0 Å². The number of hydrogen-bond donors (Lipinski definition) is 4. The van der Waals surface area contributed by atoms with E-state index in [0.717, 1.165) is 50.8 Å². The van der Waals surface area contributed by atoms with E-state index >= 15 is 0 Å². The molecule has 148 valence electrons. The molecular weight excluding hydrogens is 340 g/mol. The average molecular weight is 373 g/mol. The molecule has 2 unspecified atom stereocenters. The van der Waals surface area contributed by atoms with Crippen molar-refractivity contribution in [3.8, 4) is 5.75 Å². The third kappa shape index (κ3) is 5.01. The fraction of sp³-hybridized carbons (Fsp3) is 0.619. The molecule has 0 aliphatic heterocycles. The molecule has 1 aliphatic carbocycles. The minimum Gasteiger partial charge on any atom is -0.506 e. The second-order valence-electron chi connectivity index (χ2n) is 8.28. The molecule has 5 N–H and O–H groups in total. The van der Waals surface area contributed by atoms with Crippen molar-refractivity contribution in [1.29, 1.82) is 0 Å². The Bertz CT molecular complexity index is 784. The second-order valence-corrected chi connectivity index (χ2v) is 8.28. The Morgan fingerprint density at radius 2 is 2.19 bits per heavy atom. The molecule has 6 nitrogen and oxygen atoms in total. The Labute approximate surface area is 160 Å². The Kier molecular flexibility index (Phi) is 6.37. The van der Waals surface area contributed by atoms with Crippen LogP contribution in [0, 0.1) is 5.92 Å². The number of rotatable bonds is 7. The van der Waals surface area contributed by atoms with Crippen molar-refractivity contribution in [2.24, 2.45) is 11.7 Å². The van der Waals surface area contributed by atoms with Crippen molar-refractivity contribution in [2.45, 2.75) is 77.3 Å². The van der Waals surface area contributed by atoms with E-state index < -0.39 is 0 Å². The Morgan fingerprint density at radius 3 is 2.93 bits per heavy atom. The summed E-state index contributed by atoms with van der Waals surface area (Å²) in [6.07, 6.45) is 8.05.